The van der Waals surface area contributed by atoms with Gasteiger partial charge in [0.1, 0.15) is 4.21 Å². The number of nitrogens with zero attached hydrogens (tertiary/aromatic N) is 1. The first-order valence-corrected chi connectivity index (χ1v) is 12.2. The van der Waals surface area contributed by atoms with Crippen molar-refractivity contribution < 1.29 is 13.2 Å². The Labute approximate surface area is 182 Å². The van der Waals surface area contributed by atoms with Gasteiger partial charge in [-0.1, -0.05) is 49.7 Å². The van der Waals surface area contributed by atoms with Crippen molar-refractivity contribution in [2.75, 3.05) is 17.9 Å². The minimum atomic E-state index is -3.59. The van der Waals surface area contributed by atoms with Crippen LogP contribution in [0, 0.1) is 5.92 Å². The number of sulfonamides is 1. The van der Waals surface area contributed by atoms with Crippen LogP contribution in [0.3, 0.4) is 0 Å². The molecule has 0 fully saturated rings. The van der Waals surface area contributed by atoms with Crippen molar-refractivity contribution in [2.24, 2.45) is 5.92 Å². The zero-order valence-corrected chi connectivity index (χ0v) is 18.7. The number of carbonyl (C=O) groups is 1. The molecule has 1 heterocycles. The summed E-state index contributed by atoms with van der Waals surface area (Å²) in [5.41, 5.74) is 2.28. The second-order valence-electron chi connectivity index (χ2n) is 7.13. The molecule has 0 saturated heterocycles. The van der Waals surface area contributed by atoms with E-state index in [2.05, 4.69) is 24.4 Å². The maximum atomic E-state index is 12.6. The van der Waals surface area contributed by atoms with E-state index in [0.717, 1.165) is 12.8 Å². The largest absolute Gasteiger partial charge is 0.352 e. The van der Waals surface area contributed by atoms with Crippen LogP contribution in [0.15, 0.2) is 76.3 Å². The lowest BCUT2D eigenvalue weighted by Crippen LogP contribution is -2.30. The van der Waals surface area contributed by atoms with Crippen molar-refractivity contribution in [1.29, 1.82) is 0 Å². The van der Waals surface area contributed by atoms with E-state index in [4.69, 9.17) is 0 Å². The maximum absolute atomic E-state index is 12.6. The Bertz CT molecular complexity index is 1050. The van der Waals surface area contributed by atoms with E-state index in [0.29, 0.717) is 23.7 Å². The quantitative estimate of drug-likeness (QED) is 0.528. The molecule has 30 heavy (non-hydrogen) atoms. The van der Waals surface area contributed by atoms with E-state index < -0.39 is 10.0 Å². The predicted octanol–water partition coefficient (Wildman–Crippen LogP) is 4.57. The van der Waals surface area contributed by atoms with E-state index in [1.54, 1.807) is 41.8 Å². The van der Waals surface area contributed by atoms with Gasteiger partial charge in [-0.25, -0.2) is 8.42 Å². The number of benzene rings is 2. The first-order valence-electron chi connectivity index (χ1n) is 9.86. The first kappa shape index (κ1) is 22.1. The van der Waals surface area contributed by atoms with Crippen LogP contribution >= 0.6 is 11.3 Å². The van der Waals surface area contributed by atoms with Crippen molar-refractivity contribution in [1.82, 2.24) is 5.32 Å². The molecule has 3 rings (SSSR count). The van der Waals surface area contributed by atoms with Gasteiger partial charge in [-0.3, -0.25) is 9.10 Å². The van der Waals surface area contributed by atoms with E-state index >= 15 is 0 Å². The van der Waals surface area contributed by atoms with Crippen molar-refractivity contribution in [2.45, 2.75) is 24.0 Å². The third kappa shape index (κ3) is 5.29. The number of hydrogen-bond acceptors (Lipinski definition) is 4. The highest BCUT2D eigenvalue weighted by molar-refractivity contribution is 7.94. The van der Waals surface area contributed by atoms with Gasteiger partial charge in [0.15, 0.2) is 0 Å². The third-order valence-corrected chi connectivity index (χ3v) is 8.26. The number of carbonyl (C=O) groups excluding carboxylic acids is 1. The van der Waals surface area contributed by atoms with E-state index in [9.17, 15) is 13.2 Å². The molecule has 0 unspecified atom stereocenters. The summed E-state index contributed by atoms with van der Waals surface area (Å²) in [4.78, 5) is 12.5. The zero-order chi connectivity index (χ0) is 21.6. The van der Waals surface area contributed by atoms with Gasteiger partial charge in [-0.2, -0.15) is 0 Å². The minimum Gasteiger partial charge on any atom is -0.352 e. The molecule has 0 spiro atoms. The van der Waals surface area contributed by atoms with Gasteiger partial charge >= 0.3 is 0 Å². The Morgan fingerprint density at radius 2 is 1.73 bits per heavy atom. The molecular weight excluding hydrogens is 416 g/mol. The lowest BCUT2D eigenvalue weighted by atomic mass is 9.97. The van der Waals surface area contributed by atoms with Crippen LogP contribution in [0.5, 0.6) is 0 Å². The summed E-state index contributed by atoms with van der Waals surface area (Å²) in [7, 11) is -2.07. The van der Waals surface area contributed by atoms with Crippen molar-refractivity contribution in [3.63, 3.8) is 0 Å². The molecule has 5 nitrogen and oxygen atoms in total. The van der Waals surface area contributed by atoms with Gasteiger partial charge in [-0.15, -0.1) is 11.3 Å². The van der Waals surface area contributed by atoms with Crippen LogP contribution in [0.2, 0.25) is 0 Å². The second-order valence-corrected chi connectivity index (χ2v) is 10.3. The number of rotatable bonds is 9. The lowest BCUT2D eigenvalue weighted by Gasteiger charge is -2.19. The lowest BCUT2D eigenvalue weighted by molar-refractivity contribution is 0.0946. The van der Waals surface area contributed by atoms with Gasteiger partial charge in [-0.05, 0) is 53.6 Å². The Morgan fingerprint density at radius 3 is 2.33 bits per heavy atom. The highest BCUT2D eigenvalue weighted by Gasteiger charge is 2.22. The molecule has 7 heteroatoms. The summed E-state index contributed by atoms with van der Waals surface area (Å²) in [6.45, 7) is 2.72. The fourth-order valence-corrected chi connectivity index (χ4v) is 5.51. The topological polar surface area (TPSA) is 66.5 Å². The fraction of sp³-hybridized carbons (Fsp3) is 0.261. The van der Waals surface area contributed by atoms with Crippen LogP contribution in [-0.4, -0.2) is 27.9 Å². The molecule has 1 atom stereocenters. The predicted molar refractivity (Wildman–Crippen MR) is 123 cm³/mol. The van der Waals surface area contributed by atoms with Crippen LogP contribution < -0.4 is 9.62 Å². The normalized spacial score (nSPS) is 12.3. The van der Waals surface area contributed by atoms with Gasteiger partial charge in [0, 0.05) is 19.2 Å². The molecule has 0 aliphatic carbocycles. The van der Waals surface area contributed by atoms with Gasteiger partial charge in [0.05, 0.1) is 5.69 Å². The number of hydrogen-bond donors (Lipinski definition) is 1. The summed E-state index contributed by atoms with van der Waals surface area (Å²) >= 11 is 1.18. The maximum Gasteiger partial charge on any atom is 0.273 e. The molecule has 0 aliphatic heterocycles. The monoisotopic (exact) mass is 442 g/mol. The highest BCUT2D eigenvalue weighted by Crippen LogP contribution is 2.25. The van der Waals surface area contributed by atoms with Gasteiger partial charge < -0.3 is 5.32 Å². The summed E-state index contributed by atoms with van der Waals surface area (Å²) < 4.78 is 26.8. The van der Waals surface area contributed by atoms with Crippen molar-refractivity contribution >= 4 is 33.0 Å². The SMILES string of the molecule is CC[C@@H](CNC(=O)c1ccc(N(C)S(=O)(=O)c2cccs2)cc1)Cc1ccccc1. The van der Waals surface area contributed by atoms with Crippen LogP contribution in [0.1, 0.15) is 29.3 Å². The molecule has 0 saturated carbocycles. The smallest absolute Gasteiger partial charge is 0.273 e. The first-order chi connectivity index (χ1) is 14.4. The zero-order valence-electron chi connectivity index (χ0n) is 17.1. The molecule has 0 bridgehead atoms. The van der Waals surface area contributed by atoms with E-state index in [1.165, 1.54) is 28.3 Å². The molecule has 0 radical (unpaired) electrons. The van der Waals surface area contributed by atoms with Crippen LogP contribution in [0.25, 0.3) is 0 Å². The highest BCUT2D eigenvalue weighted by atomic mass is 32.2. The Morgan fingerprint density at radius 1 is 1.03 bits per heavy atom. The third-order valence-electron chi connectivity index (χ3n) is 5.10. The summed E-state index contributed by atoms with van der Waals surface area (Å²) in [5, 5.41) is 4.73. The summed E-state index contributed by atoms with van der Waals surface area (Å²) in [5.74, 6) is 0.203. The Hall–Kier alpha value is -2.64. The fourth-order valence-electron chi connectivity index (χ4n) is 3.15. The molecule has 0 aliphatic rings. The van der Waals surface area contributed by atoms with Crippen molar-refractivity contribution in [3.05, 3.63) is 83.2 Å². The molecule has 2 aromatic carbocycles. The number of amides is 1. The van der Waals surface area contributed by atoms with Crippen LogP contribution in [0.4, 0.5) is 5.69 Å². The van der Waals surface area contributed by atoms with Crippen molar-refractivity contribution in [3.8, 4) is 0 Å². The average molecular weight is 443 g/mol. The van der Waals surface area contributed by atoms with E-state index in [-0.39, 0.29) is 10.1 Å². The summed E-state index contributed by atoms with van der Waals surface area (Å²) in [6, 6.07) is 20.2. The number of anilines is 1. The summed E-state index contributed by atoms with van der Waals surface area (Å²) in [6.07, 6.45) is 1.89. The minimum absolute atomic E-state index is 0.156. The Kier molecular flexibility index (Phi) is 7.29. The molecule has 158 valence electrons. The molecule has 1 amide bonds. The van der Waals surface area contributed by atoms with Gasteiger partial charge in [0.25, 0.3) is 15.9 Å². The molecule has 1 N–H and O–H groups in total. The number of nitrogens with one attached hydrogen (secondary N) is 1. The standard InChI is InChI=1S/C23H26N2O3S2/c1-3-18(16-19-8-5-4-6-9-19)17-24-23(26)20-11-13-21(14-12-20)25(2)30(27,28)22-10-7-15-29-22/h4-15,18H,3,16-17H2,1-2H3,(H,24,26)/t18-/m1/s1. The Balaban J connectivity index is 1.60. The molecule has 1 aromatic heterocycles. The number of thiophene rings is 1. The van der Waals surface area contributed by atoms with Gasteiger partial charge in [0.2, 0.25) is 0 Å². The van der Waals surface area contributed by atoms with Crippen LogP contribution in [-0.2, 0) is 16.4 Å². The molecule has 3 aromatic rings. The average Bonchev–Trinajstić information content (AvgIpc) is 3.32. The van der Waals surface area contributed by atoms with E-state index in [1.807, 2.05) is 18.2 Å². The second kappa shape index (κ2) is 9.91. The molecular formula is C23H26N2O3S2.